The fraction of sp³-hybridized carbons (Fsp3) is 0.333. The minimum Gasteiger partial charge on any atom is -0.492 e. The van der Waals surface area contributed by atoms with E-state index in [9.17, 15) is 16.8 Å². The summed E-state index contributed by atoms with van der Waals surface area (Å²) in [5, 5.41) is 10.4. The Morgan fingerprint density at radius 3 is 1.76 bits per heavy atom. The summed E-state index contributed by atoms with van der Waals surface area (Å²) >= 11 is 5.82. The summed E-state index contributed by atoms with van der Waals surface area (Å²) in [4.78, 5) is -0.0510. The van der Waals surface area contributed by atoms with Crippen LogP contribution in [0.5, 0.6) is 11.5 Å². The molecule has 4 N–H and O–H groups in total. The Bertz CT molecular complexity index is 1070. The first-order valence-corrected chi connectivity index (χ1v) is 12.0. The molecular weight excluding hydrogens is 440 g/mol. The minimum absolute atomic E-state index is 0.0324. The normalized spacial score (nSPS) is 11.4. The molecule has 2 rings (SSSR count). The van der Waals surface area contributed by atoms with Crippen LogP contribution in [0.1, 0.15) is 25.0 Å². The van der Waals surface area contributed by atoms with Gasteiger partial charge in [0.15, 0.2) is 0 Å². The molecule has 0 saturated heterocycles. The highest BCUT2D eigenvalue weighted by molar-refractivity contribution is 7.89. The van der Waals surface area contributed by atoms with Crippen LogP contribution in [-0.4, -0.2) is 30.0 Å². The predicted molar refractivity (Wildman–Crippen MR) is 112 cm³/mol. The zero-order valence-corrected chi connectivity index (χ0v) is 19.0. The van der Waals surface area contributed by atoms with Crippen LogP contribution in [0.4, 0.5) is 0 Å². The average molecular weight is 465 g/mol. The molecule has 0 atom stereocenters. The predicted octanol–water partition coefficient (Wildman–Crippen LogP) is 2.74. The Labute approximate surface area is 176 Å². The van der Waals surface area contributed by atoms with Gasteiger partial charge in [-0.25, -0.2) is 27.1 Å². The third-order valence-corrected chi connectivity index (χ3v) is 5.83. The fourth-order valence-corrected chi connectivity index (χ4v) is 3.81. The second kappa shape index (κ2) is 10.3. The Kier molecular flexibility index (Phi) is 8.91. The van der Waals surface area contributed by atoms with Crippen molar-refractivity contribution in [2.24, 2.45) is 10.3 Å². The van der Waals surface area contributed by atoms with E-state index in [-0.39, 0.29) is 15.5 Å². The topological polar surface area (TPSA) is 139 Å². The van der Waals surface area contributed by atoms with Crippen molar-refractivity contribution >= 4 is 31.6 Å². The molecule has 0 radical (unpaired) electrons. The molecule has 0 saturated carbocycles. The van der Waals surface area contributed by atoms with Crippen LogP contribution in [0.2, 0.25) is 5.02 Å². The molecule has 0 amide bonds. The second-order valence-corrected chi connectivity index (χ2v) is 9.42. The Balaban J connectivity index is 0.000000291. The van der Waals surface area contributed by atoms with Crippen molar-refractivity contribution in [2.75, 3.05) is 13.2 Å². The lowest BCUT2D eigenvalue weighted by molar-refractivity contribution is 0.330. The van der Waals surface area contributed by atoms with E-state index < -0.39 is 20.0 Å². The largest absolute Gasteiger partial charge is 0.492 e. The average Bonchev–Trinajstić information content (AvgIpc) is 2.57. The Morgan fingerprint density at radius 1 is 0.828 bits per heavy atom. The molecule has 0 aliphatic rings. The molecule has 0 aliphatic carbocycles. The van der Waals surface area contributed by atoms with Gasteiger partial charge in [-0.1, -0.05) is 17.7 Å². The monoisotopic (exact) mass is 464 g/mol. The van der Waals surface area contributed by atoms with E-state index in [4.69, 9.17) is 31.4 Å². The number of aryl methyl sites for hydroxylation is 2. The number of nitrogens with two attached hydrogens (primary N) is 2. The summed E-state index contributed by atoms with van der Waals surface area (Å²) in [5.41, 5.74) is 1.67. The van der Waals surface area contributed by atoms with Gasteiger partial charge >= 0.3 is 0 Å². The summed E-state index contributed by atoms with van der Waals surface area (Å²) in [6.07, 6.45) is 0. The zero-order chi connectivity index (χ0) is 22.4. The standard InChI is InChI=1S/C9H12ClNO3S.C9H13NO3S/c1-3-14-8-4-6(2)7(10)5-9(8)15(11,12)13;1-3-13-8-6-7(2)4-5-9(8)14(10,11)12/h4-5H,3H2,1-2H3,(H2,11,12,13);4-6H,3H2,1-2H3,(H2,10,11,12). The van der Waals surface area contributed by atoms with Crippen LogP contribution < -0.4 is 19.8 Å². The maximum absolute atomic E-state index is 11.2. The van der Waals surface area contributed by atoms with E-state index in [1.165, 1.54) is 12.1 Å². The van der Waals surface area contributed by atoms with Gasteiger partial charge in [0, 0.05) is 5.02 Å². The fourth-order valence-electron chi connectivity index (χ4n) is 2.25. The van der Waals surface area contributed by atoms with Crippen molar-refractivity contribution in [1.82, 2.24) is 0 Å². The molecule has 8 nitrogen and oxygen atoms in total. The van der Waals surface area contributed by atoms with Crippen molar-refractivity contribution in [3.05, 3.63) is 46.5 Å². The van der Waals surface area contributed by atoms with Crippen LogP contribution in [0.15, 0.2) is 40.1 Å². The van der Waals surface area contributed by atoms with Crippen LogP contribution >= 0.6 is 11.6 Å². The summed E-state index contributed by atoms with van der Waals surface area (Å²) in [5.74, 6) is 0.553. The third-order valence-electron chi connectivity index (χ3n) is 3.54. The van der Waals surface area contributed by atoms with E-state index in [0.717, 1.165) is 11.1 Å². The number of sulfonamides is 2. The molecule has 11 heteroatoms. The molecule has 0 unspecified atom stereocenters. The smallest absolute Gasteiger partial charge is 0.241 e. The zero-order valence-electron chi connectivity index (χ0n) is 16.6. The highest BCUT2D eigenvalue weighted by Crippen LogP contribution is 2.29. The van der Waals surface area contributed by atoms with Gasteiger partial charge in [-0.15, -0.1) is 0 Å². The summed E-state index contributed by atoms with van der Waals surface area (Å²) in [7, 11) is -7.50. The van der Waals surface area contributed by atoms with E-state index in [2.05, 4.69) is 0 Å². The molecule has 29 heavy (non-hydrogen) atoms. The Morgan fingerprint density at radius 2 is 1.31 bits per heavy atom. The summed E-state index contributed by atoms with van der Waals surface area (Å²) in [6.45, 7) is 7.94. The van der Waals surface area contributed by atoms with Crippen LogP contribution in [0.25, 0.3) is 0 Å². The highest BCUT2D eigenvalue weighted by Gasteiger charge is 2.17. The number of hydrogen-bond donors (Lipinski definition) is 2. The number of hydrogen-bond acceptors (Lipinski definition) is 6. The highest BCUT2D eigenvalue weighted by atomic mass is 35.5. The molecule has 0 aliphatic heterocycles. The lowest BCUT2D eigenvalue weighted by Crippen LogP contribution is -2.14. The maximum Gasteiger partial charge on any atom is 0.241 e. The van der Waals surface area contributed by atoms with Crippen LogP contribution in [-0.2, 0) is 20.0 Å². The van der Waals surface area contributed by atoms with Gasteiger partial charge in [-0.3, -0.25) is 0 Å². The van der Waals surface area contributed by atoms with Gasteiger partial charge in [0.05, 0.1) is 13.2 Å². The summed E-state index contributed by atoms with van der Waals surface area (Å²) in [6, 6.07) is 7.66. The van der Waals surface area contributed by atoms with E-state index in [1.54, 1.807) is 39.0 Å². The number of primary sulfonamides is 2. The van der Waals surface area contributed by atoms with Gasteiger partial charge in [-0.2, -0.15) is 0 Å². The van der Waals surface area contributed by atoms with Crippen molar-refractivity contribution in [2.45, 2.75) is 37.5 Å². The molecule has 0 aromatic heterocycles. The van der Waals surface area contributed by atoms with E-state index in [0.29, 0.717) is 24.0 Å². The SMILES string of the molecule is CCOc1cc(C)c(Cl)cc1S(N)(=O)=O.CCOc1cc(C)ccc1S(N)(=O)=O. The molecular formula is C18H25ClN2O6S2. The van der Waals surface area contributed by atoms with Crippen molar-refractivity contribution < 1.29 is 26.3 Å². The molecule has 0 heterocycles. The lowest BCUT2D eigenvalue weighted by Gasteiger charge is -2.10. The second-order valence-electron chi connectivity index (χ2n) is 5.95. The Hall–Kier alpha value is -1.85. The van der Waals surface area contributed by atoms with Gasteiger partial charge < -0.3 is 9.47 Å². The third kappa shape index (κ3) is 7.48. The molecule has 2 aromatic rings. The van der Waals surface area contributed by atoms with Crippen LogP contribution in [0, 0.1) is 13.8 Å². The minimum atomic E-state index is -3.80. The number of ether oxygens (including phenoxy) is 2. The van der Waals surface area contributed by atoms with Gasteiger partial charge in [0.25, 0.3) is 0 Å². The molecule has 0 fully saturated rings. The summed E-state index contributed by atoms with van der Waals surface area (Å²) < 4.78 is 55.1. The first-order valence-electron chi connectivity index (χ1n) is 8.53. The molecule has 2 aromatic carbocycles. The maximum atomic E-state index is 11.2. The van der Waals surface area contributed by atoms with Gasteiger partial charge in [-0.05, 0) is 63.1 Å². The van der Waals surface area contributed by atoms with E-state index in [1.807, 2.05) is 6.92 Å². The first-order chi connectivity index (χ1) is 13.3. The number of rotatable bonds is 6. The number of benzene rings is 2. The van der Waals surface area contributed by atoms with Crippen LogP contribution in [0.3, 0.4) is 0 Å². The van der Waals surface area contributed by atoms with Crippen molar-refractivity contribution in [1.29, 1.82) is 0 Å². The van der Waals surface area contributed by atoms with Crippen molar-refractivity contribution in [3.8, 4) is 11.5 Å². The quantitative estimate of drug-likeness (QED) is 0.673. The van der Waals surface area contributed by atoms with Crippen molar-refractivity contribution in [3.63, 3.8) is 0 Å². The van der Waals surface area contributed by atoms with Gasteiger partial charge in [0.1, 0.15) is 21.3 Å². The molecule has 0 spiro atoms. The molecule has 0 bridgehead atoms. The number of halogens is 1. The lowest BCUT2D eigenvalue weighted by atomic mass is 10.2. The molecule has 162 valence electrons. The van der Waals surface area contributed by atoms with E-state index >= 15 is 0 Å². The first kappa shape index (κ1) is 25.2. The van der Waals surface area contributed by atoms with Gasteiger partial charge in [0.2, 0.25) is 20.0 Å².